The van der Waals surface area contributed by atoms with Crippen molar-refractivity contribution >= 4 is 23.4 Å². The molecular formula is C28H37N3O3. The topological polar surface area (TPSA) is 69.7 Å². The van der Waals surface area contributed by atoms with Gasteiger partial charge in [-0.3, -0.25) is 19.7 Å². The average Bonchev–Trinajstić information content (AvgIpc) is 3.13. The largest absolute Gasteiger partial charge is 0.311 e. The summed E-state index contributed by atoms with van der Waals surface area (Å²) in [6.07, 6.45) is 12.4. The third kappa shape index (κ3) is 5.33. The van der Waals surface area contributed by atoms with E-state index in [4.69, 9.17) is 0 Å². The van der Waals surface area contributed by atoms with Gasteiger partial charge in [0.05, 0.1) is 5.92 Å². The highest BCUT2D eigenvalue weighted by atomic mass is 16.2. The number of hydrogen-bond acceptors (Lipinski definition) is 4. The standard InChI is InChI=1S/C28H37N3O3/c1-19-10-11-22(21-14-16-31(17-15-21)23-8-6-4-5-7-9-23)18-25(19)30(3)28(34)20(2)24-12-13-26(32)29-27(24)33/h4-5,10-11,18,21,23-24H,2,6-9,12-17H2,1,3H3,(H,29,32,33). The maximum Gasteiger partial charge on any atom is 0.254 e. The van der Waals surface area contributed by atoms with E-state index < -0.39 is 11.8 Å². The normalized spacial score (nSPS) is 22.8. The second-order valence-corrected chi connectivity index (χ2v) is 10.0. The molecule has 2 fully saturated rings. The quantitative estimate of drug-likeness (QED) is 0.403. The molecule has 1 N–H and O–H groups in total. The lowest BCUT2D eigenvalue weighted by Crippen LogP contribution is -2.44. The SMILES string of the molecule is C=C(C(=O)N(C)c1cc(C2CCN(C3CCC=CCC3)CC2)ccc1C)C1CCC(=O)NC1=O. The van der Waals surface area contributed by atoms with Crippen LogP contribution in [0.5, 0.6) is 0 Å². The van der Waals surface area contributed by atoms with Gasteiger partial charge in [-0.1, -0.05) is 30.9 Å². The van der Waals surface area contributed by atoms with Crippen LogP contribution in [0, 0.1) is 12.8 Å². The summed E-state index contributed by atoms with van der Waals surface area (Å²) < 4.78 is 0. The molecule has 1 aliphatic carbocycles. The molecule has 2 aliphatic heterocycles. The van der Waals surface area contributed by atoms with Crippen molar-refractivity contribution in [2.24, 2.45) is 5.92 Å². The number of benzene rings is 1. The minimum absolute atomic E-state index is 0.233. The number of nitrogens with zero attached hydrogens (tertiary/aromatic N) is 2. The van der Waals surface area contributed by atoms with Gasteiger partial charge in [-0.25, -0.2) is 0 Å². The van der Waals surface area contributed by atoms with Crippen LogP contribution in [-0.4, -0.2) is 48.8 Å². The molecule has 0 spiro atoms. The van der Waals surface area contributed by atoms with Crippen molar-refractivity contribution < 1.29 is 14.4 Å². The fourth-order valence-corrected chi connectivity index (χ4v) is 5.66. The van der Waals surface area contributed by atoms with Crippen molar-refractivity contribution in [2.45, 2.75) is 70.3 Å². The molecule has 1 unspecified atom stereocenters. The molecule has 6 heteroatoms. The number of imide groups is 1. The Hall–Kier alpha value is -2.73. The van der Waals surface area contributed by atoms with E-state index in [1.807, 2.05) is 6.92 Å². The van der Waals surface area contributed by atoms with Gasteiger partial charge in [0.15, 0.2) is 0 Å². The smallest absolute Gasteiger partial charge is 0.254 e. The van der Waals surface area contributed by atoms with E-state index in [1.54, 1.807) is 11.9 Å². The number of amides is 3. The van der Waals surface area contributed by atoms with Crippen molar-refractivity contribution in [3.05, 3.63) is 53.6 Å². The number of piperidine rings is 2. The lowest BCUT2D eigenvalue weighted by atomic mass is 9.87. The highest BCUT2D eigenvalue weighted by Gasteiger charge is 2.33. The number of carbonyl (C=O) groups excluding carboxylic acids is 3. The number of allylic oxidation sites excluding steroid dienone is 2. The maximum absolute atomic E-state index is 13.2. The Morgan fingerprint density at radius 2 is 1.74 bits per heavy atom. The minimum Gasteiger partial charge on any atom is -0.311 e. The van der Waals surface area contributed by atoms with Gasteiger partial charge in [-0.05, 0) is 88.1 Å². The monoisotopic (exact) mass is 463 g/mol. The molecule has 0 bridgehead atoms. The van der Waals surface area contributed by atoms with Gasteiger partial charge in [0.25, 0.3) is 5.91 Å². The van der Waals surface area contributed by atoms with Crippen molar-refractivity contribution in [3.63, 3.8) is 0 Å². The van der Waals surface area contributed by atoms with E-state index in [2.05, 4.69) is 47.1 Å². The highest BCUT2D eigenvalue weighted by molar-refractivity contribution is 6.11. The van der Waals surface area contributed by atoms with Gasteiger partial charge in [0.2, 0.25) is 11.8 Å². The summed E-state index contributed by atoms with van der Waals surface area (Å²) in [5, 5.41) is 2.32. The van der Waals surface area contributed by atoms with E-state index in [1.165, 1.54) is 31.2 Å². The Balaban J connectivity index is 1.41. The van der Waals surface area contributed by atoms with Crippen LogP contribution in [0.2, 0.25) is 0 Å². The second-order valence-electron chi connectivity index (χ2n) is 10.0. The van der Waals surface area contributed by atoms with Crippen LogP contribution in [0.15, 0.2) is 42.5 Å². The highest BCUT2D eigenvalue weighted by Crippen LogP contribution is 2.34. The van der Waals surface area contributed by atoms with E-state index in [0.29, 0.717) is 18.4 Å². The zero-order chi connectivity index (χ0) is 24.2. The first-order valence-electron chi connectivity index (χ1n) is 12.6. The molecule has 182 valence electrons. The molecular weight excluding hydrogens is 426 g/mol. The van der Waals surface area contributed by atoms with Crippen LogP contribution in [0.3, 0.4) is 0 Å². The van der Waals surface area contributed by atoms with Gasteiger partial charge in [0, 0.05) is 30.8 Å². The van der Waals surface area contributed by atoms with Crippen molar-refractivity contribution in [1.82, 2.24) is 10.2 Å². The van der Waals surface area contributed by atoms with Crippen LogP contribution in [0.4, 0.5) is 5.69 Å². The Morgan fingerprint density at radius 3 is 2.38 bits per heavy atom. The molecule has 1 aromatic rings. The molecule has 0 radical (unpaired) electrons. The molecule has 3 amide bonds. The zero-order valence-corrected chi connectivity index (χ0v) is 20.5. The molecule has 34 heavy (non-hydrogen) atoms. The molecule has 1 aromatic carbocycles. The van der Waals surface area contributed by atoms with Crippen LogP contribution in [0.1, 0.15) is 68.4 Å². The predicted octanol–water partition coefficient (Wildman–Crippen LogP) is 4.25. The van der Waals surface area contributed by atoms with E-state index in [-0.39, 0.29) is 23.8 Å². The summed E-state index contributed by atoms with van der Waals surface area (Å²) in [4.78, 5) is 41.2. The summed E-state index contributed by atoms with van der Waals surface area (Å²) in [5.41, 5.74) is 3.38. The van der Waals surface area contributed by atoms with Crippen molar-refractivity contribution in [2.75, 3.05) is 25.0 Å². The van der Waals surface area contributed by atoms with Crippen LogP contribution in [-0.2, 0) is 14.4 Å². The van der Waals surface area contributed by atoms with Gasteiger partial charge < -0.3 is 9.80 Å². The fourth-order valence-electron chi connectivity index (χ4n) is 5.66. The Labute approximate surface area is 203 Å². The molecule has 0 aromatic heterocycles. The summed E-state index contributed by atoms with van der Waals surface area (Å²) in [6, 6.07) is 7.13. The second kappa shape index (κ2) is 10.7. The number of aryl methyl sites for hydroxylation is 1. The number of rotatable bonds is 5. The Kier molecular flexibility index (Phi) is 7.67. The third-order valence-corrected chi connectivity index (χ3v) is 7.85. The molecule has 2 heterocycles. The molecule has 3 aliphatic rings. The molecule has 6 nitrogen and oxygen atoms in total. The van der Waals surface area contributed by atoms with E-state index in [0.717, 1.165) is 37.2 Å². The maximum atomic E-state index is 13.2. The van der Waals surface area contributed by atoms with Gasteiger partial charge >= 0.3 is 0 Å². The average molecular weight is 464 g/mol. The van der Waals surface area contributed by atoms with Crippen LogP contribution in [0.25, 0.3) is 0 Å². The molecule has 2 saturated heterocycles. The Morgan fingerprint density at radius 1 is 1.06 bits per heavy atom. The lowest BCUT2D eigenvalue weighted by Gasteiger charge is -2.38. The van der Waals surface area contributed by atoms with Gasteiger partial charge in [0.1, 0.15) is 0 Å². The summed E-state index contributed by atoms with van der Waals surface area (Å²) in [6.45, 7) is 8.18. The number of carbonyl (C=O) groups is 3. The first kappa shape index (κ1) is 24.4. The zero-order valence-electron chi connectivity index (χ0n) is 20.5. The number of anilines is 1. The number of hydrogen-bond donors (Lipinski definition) is 1. The Bertz CT molecular complexity index is 981. The van der Waals surface area contributed by atoms with Crippen LogP contribution < -0.4 is 10.2 Å². The van der Waals surface area contributed by atoms with E-state index in [9.17, 15) is 14.4 Å². The minimum atomic E-state index is -0.653. The summed E-state index contributed by atoms with van der Waals surface area (Å²) in [7, 11) is 1.74. The van der Waals surface area contributed by atoms with Crippen molar-refractivity contribution in [3.8, 4) is 0 Å². The van der Waals surface area contributed by atoms with Crippen LogP contribution >= 0.6 is 0 Å². The molecule has 4 rings (SSSR count). The molecule has 0 saturated carbocycles. The number of likely N-dealkylation sites (tertiary alicyclic amines) is 1. The lowest BCUT2D eigenvalue weighted by molar-refractivity contribution is -0.136. The van der Waals surface area contributed by atoms with Gasteiger partial charge in [-0.2, -0.15) is 0 Å². The van der Waals surface area contributed by atoms with Gasteiger partial charge in [-0.15, -0.1) is 0 Å². The summed E-state index contributed by atoms with van der Waals surface area (Å²) in [5.74, 6) is -1.16. The fraction of sp³-hybridized carbons (Fsp3) is 0.536. The predicted molar refractivity (Wildman–Crippen MR) is 135 cm³/mol. The number of nitrogens with one attached hydrogen (secondary N) is 1. The number of likely N-dealkylation sites (N-methyl/N-ethyl adjacent to an activating group) is 1. The van der Waals surface area contributed by atoms with Crippen molar-refractivity contribution in [1.29, 1.82) is 0 Å². The summed E-state index contributed by atoms with van der Waals surface area (Å²) >= 11 is 0. The molecule has 1 atom stereocenters. The first-order valence-corrected chi connectivity index (χ1v) is 12.6. The third-order valence-electron chi connectivity index (χ3n) is 7.85. The first-order chi connectivity index (χ1) is 16.3. The van der Waals surface area contributed by atoms with E-state index >= 15 is 0 Å².